The quantitative estimate of drug-likeness (QED) is 0.424. The fraction of sp³-hybridized carbons (Fsp3) is 0.154. The molecular weight excluding hydrogens is 446 g/mol. The van der Waals surface area contributed by atoms with Crippen molar-refractivity contribution in [1.82, 2.24) is 9.66 Å². The Morgan fingerprint density at radius 3 is 2.82 bits per heavy atom. The monoisotopic (exact) mass is 469 g/mol. The van der Waals surface area contributed by atoms with Gasteiger partial charge in [-0.05, 0) is 73.9 Å². The van der Waals surface area contributed by atoms with Gasteiger partial charge >= 0.3 is 0 Å². The van der Waals surface area contributed by atoms with Crippen LogP contribution in [0.4, 0.5) is 11.4 Å². The van der Waals surface area contributed by atoms with E-state index in [2.05, 4.69) is 42.3 Å². The van der Waals surface area contributed by atoms with Gasteiger partial charge in [-0.15, -0.1) is 11.3 Å². The van der Waals surface area contributed by atoms with Gasteiger partial charge in [-0.3, -0.25) is 9.78 Å². The summed E-state index contributed by atoms with van der Waals surface area (Å²) in [6.45, 7) is 6.22. The predicted octanol–water partition coefficient (Wildman–Crippen LogP) is 5.06. The number of carbonyl (C=O) groups is 1. The van der Waals surface area contributed by atoms with E-state index in [-0.39, 0.29) is 12.5 Å². The number of carbonyl (C=O) groups excluding carboxylic acids is 1. The van der Waals surface area contributed by atoms with Gasteiger partial charge in [0.2, 0.25) is 4.80 Å². The number of hydrogen-bond acceptors (Lipinski definition) is 6. The van der Waals surface area contributed by atoms with Gasteiger partial charge in [0.15, 0.2) is 6.61 Å². The summed E-state index contributed by atoms with van der Waals surface area (Å²) in [5.74, 6) is 0.485. The molecule has 0 bridgehead atoms. The Morgan fingerprint density at radius 1 is 1.15 bits per heavy atom. The lowest BCUT2D eigenvalue weighted by atomic mass is 10.0. The van der Waals surface area contributed by atoms with Crippen LogP contribution in [0.15, 0.2) is 76.4 Å². The zero-order valence-electron chi connectivity index (χ0n) is 19.1. The number of rotatable bonds is 4. The Hall–Kier alpha value is -4.04. The van der Waals surface area contributed by atoms with Gasteiger partial charge in [-0.2, -0.15) is 5.10 Å². The number of amides is 1. The zero-order chi connectivity index (χ0) is 23.7. The first-order valence-electron chi connectivity index (χ1n) is 10.8. The van der Waals surface area contributed by atoms with E-state index in [0.29, 0.717) is 16.2 Å². The first-order chi connectivity index (χ1) is 16.5. The lowest BCUT2D eigenvalue weighted by Crippen LogP contribution is -2.25. The summed E-state index contributed by atoms with van der Waals surface area (Å²) >= 11 is 1.49. The maximum atomic E-state index is 11.8. The van der Waals surface area contributed by atoms with Gasteiger partial charge in [0.25, 0.3) is 5.91 Å². The van der Waals surface area contributed by atoms with E-state index in [4.69, 9.17) is 14.8 Å². The van der Waals surface area contributed by atoms with E-state index in [9.17, 15) is 4.79 Å². The summed E-state index contributed by atoms with van der Waals surface area (Å²) in [6, 6.07) is 15.8. The van der Waals surface area contributed by atoms with Crippen molar-refractivity contribution in [3.63, 3.8) is 0 Å². The third-order valence-electron chi connectivity index (χ3n) is 5.64. The number of ether oxygens (including phenoxy) is 1. The summed E-state index contributed by atoms with van der Waals surface area (Å²) in [5.41, 5.74) is 7.51. The lowest BCUT2D eigenvalue weighted by Gasteiger charge is -2.18. The van der Waals surface area contributed by atoms with Gasteiger partial charge in [0.05, 0.1) is 29.0 Å². The van der Waals surface area contributed by atoms with Crippen molar-refractivity contribution in [2.45, 2.75) is 20.8 Å². The molecule has 3 heterocycles. The number of nitrogens with zero attached hydrogens (tertiary/aromatic N) is 4. The first-order valence-corrected chi connectivity index (χ1v) is 11.7. The molecule has 1 aliphatic heterocycles. The second-order valence-corrected chi connectivity index (χ2v) is 8.91. The van der Waals surface area contributed by atoms with E-state index >= 15 is 0 Å². The zero-order valence-corrected chi connectivity index (χ0v) is 19.9. The number of fused-ring (bicyclic) bond motifs is 1. The molecule has 170 valence electrons. The Kier molecular flexibility index (Phi) is 5.81. The number of pyridine rings is 1. The molecule has 2 aromatic carbocycles. The molecule has 5 rings (SSSR count). The van der Waals surface area contributed by atoms with Crippen molar-refractivity contribution in [2.24, 2.45) is 10.1 Å². The summed E-state index contributed by atoms with van der Waals surface area (Å²) in [6.07, 6.45) is 3.44. The Morgan fingerprint density at radius 2 is 2.03 bits per heavy atom. The van der Waals surface area contributed by atoms with E-state index in [1.54, 1.807) is 12.4 Å². The first kappa shape index (κ1) is 21.8. The van der Waals surface area contributed by atoms with Crippen LogP contribution in [-0.4, -0.2) is 27.9 Å². The van der Waals surface area contributed by atoms with E-state index in [0.717, 1.165) is 28.2 Å². The van der Waals surface area contributed by atoms with Crippen molar-refractivity contribution in [3.05, 3.63) is 87.8 Å². The van der Waals surface area contributed by atoms with Crippen LogP contribution in [0.3, 0.4) is 0 Å². The molecule has 8 heteroatoms. The second kappa shape index (κ2) is 9.07. The Bertz CT molecular complexity index is 1480. The molecule has 0 saturated carbocycles. The third-order valence-corrected chi connectivity index (χ3v) is 6.46. The molecule has 0 saturated heterocycles. The van der Waals surface area contributed by atoms with Crippen molar-refractivity contribution < 1.29 is 9.53 Å². The van der Waals surface area contributed by atoms with Gasteiger partial charge in [0, 0.05) is 17.1 Å². The fourth-order valence-electron chi connectivity index (χ4n) is 3.62. The molecule has 0 aliphatic carbocycles. The summed E-state index contributed by atoms with van der Waals surface area (Å²) in [5, 5.41) is 9.86. The topological polar surface area (TPSA) is 80.9 Å². The number of hydrogen-bond donors (Lipinski definition) is 1. The number of aromatic nitrogens is 2. The number of benzene rings is 2. The lowest BCUT2D eigenvalue weighted by molar-refractivity contribution is -0.118. The fourth-order valence-corrected chi connectivity index (χ4v) is 4.47. The van der Waals surface area contributed by atoms with Crippen molar-refractivity contribution >= 4 is 34.3 Å². The van der Waals surface area contributed by atoms with Crippen LogP contribution in [0.5, 0.6) is 5.75 Å². The van der Waals surface area contributed by atoms with Crippen molar-refractivity contribution in [2.75, 3.05) is 11.9 Å². The highest BCUT2D eigenvalue weighted by atomic mass is 32.1. The summed E-state index contributed by atoms with van der Waals surface area (Å²) < 4.78 is 7.36. The molecule has 1 aliphatic rings. The highest BCUT2D eigenvalue weighted by Crippen LogP contribution is 2.33. The molecule has 0 unspecified atom stereocenters. The normalized spacial score (nSPS) is 13.9. The Labute approximate surface area is 201 Å². The molecule has 2 aromatic heterocycles. The summed E-state index contributed by atoms with van der Waals surface area (Å²) in [4.78, 5) is 21.5. The predicted molar refractivity (Wildman–Crippen MR) is 135 cm³/mol. The van der Waals surface area contributed by atoms with Crippen LogP contribution in [0.25, 0.3) is 11.3 Å². The minimum atomic E-state index is -0.168. The number of thiazole rings is 1. The molecule has 0 spiro atoms. The maximum absolute atomic E-state index is 11.8. The molecule has 4 aromatic rings. The van der Waals surface area contributed by atoms with Crippen LogP contribution in [-0.2, 0) is 4.79 Å². The highest BCUT2D eigenvalue weighted by molar-refractivity contribution is 7.07. The Balaban J connectivity index is 1.66. The molecule has 0 fully saturated rings. The van der Waals surface area contributed by atoms with E-state index < -0.39 is 0 Å². The van der Waals surface area contributed by atoms with Gasteiger partial charge in [-0.1, -0.05) is 12.1 Å². The minimum Gasteiger partial charge on any atom is -0.482 e. The van der Waals surface area contributed by atoms with Crippen LogP contribution >= 0.6 is 11.3 Å². The van der Waals surface area contributed by atoms with Gasteiger partial charge in [-0.25, -0.2) is 9.67 Å². The molecule has 0 atom stereocenters. The third kappa shape index (κ3) is 4.40. The molecule has 34 heavy (non-hydrogen) atoms. The molecule has 1 amide bonds. The number of anilines is 1. The average Bonchev–Trinajstić information content (AvgIpc) is 3.22. The maximum Gasteiger partial charge on any atom is 0.262 e. The van der Waals surface area contributed by atoms with Gasteiger partial charge < -0.3 is 10.1 Å². The van der Waals surface area contributed by atoms with Crippen LogP contribution in [0.1, 0.15) is 23.6 Å². The van der Waals surface area contributed by atoms with E-state index in [1.807, 2.05) is 47.3 Å². The van der Waals surface area contributed by atoms with Crippen LogP contribution < -0.4 is 14.9 Å². The molecule has 7 nitrogen and oxygen atoms in total. The van der Waals surface area contributed by atoms with E-state index in [1.165, 1.54) is 22.5 Å². The highest BCUT2D eigenvalue weighted by Gasteiger charge is 2.18. The standard InChI is InChI=1S/C26H23N5O2S/c1-16-6-7-19(11-17(16)2)18(3)30-31-23(15-34-26(31)28-21-5-4-10-27-13-21)20-8-9-24-22(12-20)29-25(32)14-33-24/h4-13,15H,14H2,1-3H3,(H,29,32). The van der Waals surface area contributed by atoms with Crippen LogP contribution in [0, 0.1) is 13.8 Å². The average molecular weight is 470 g/mol. The minimum absolute atomic E-state index is 0.0262. The number of aryl methyl sites for hydroxylation is 2. The molecule has 0 radical (unpaired) electrons. The van der Waals surface area contributed by atoms with Crippen molar-refractivity contribution in [1.29, 1.82) is 0 Å². The molecule has 1 N–H and O–H groups in total. The summed E-state index contributed by atoms with van der Waals surface area (Å²) in [7, 11) is 0. The SMILES string of the molecule is CC(=Nn1c(-c2ccc3c(c2)NC(=O)CO3)csc1=Nc1cccnc1)c1ccc(C)c(C)c1. The smallest absolute Gasteiger partial charge is 0.262 e. The van der Waals surface area contributed by atoms with Gasteiger partial charge in [0.1, 0.15) is 5.75 Å². The second-order valence-electron chi connectivity index (χ2n) is 8.07. The number of nitrogens with one attached hydrogen (secondary N) is 1. The largest absolute Gasteiger partial charge is 0.482 e. The molecular formula is C26H23N5O2S. The van der Waals surface area contributed by atoms with Crippen LogP contribution in [0.2, 0.25) is 0 Å². The van der Waals surface area contributed by atoms with Crippen molar-refractivity contribution in [3.8, 4) is 17.0 Å².